The van der Waals surface area contributed by atoms with Crippen molar-refractivity contribution in [2.45, 2.75) is 50.2 Å². The van der Waals surface area contributed by atoms with Gasteiger partial charge in [0, 0.05) is 24.3 Å². The molecule has 0 atom stereocenters. The molecule has 0 saturated heterocycles. The zero-order chi connectivity index (χ0) is 11.5. The van der Waals surface area contributed by atoms with Gasteiger partial charge in [-0.2, -0.15) is 0 Å². The van der Waals surface area contributed by atoms with Gasteiger partial charge in [-0.1, -0.05) is 25.6 Å². The summed E-state index contributed by atoms with van der Waals surface area (Å²) in [6, 6.07) is 0.629. The summed E-state index contributed by atoms with van der Waals surface area (Å²) in [4.78, 5) is 0. The number of aromatic nitrogens is 3. The van der Waals surface area contributed by atoms with E-state index in [1.54, 1.807) is 11.8 Å². The quantitative estimate of drug-likeness (QED) is 0.613. The van der Waals surface area contributed by atoms with E-state index < -0.39 is 0 Å². The Balaban J connectivity index is 2.11. The summed E-state index contributed by atoms with van der Waals surface area (Å²) in [6.45, 7) is 4.57. The van der Waals surface area contributed by atoms with Gasteiger partial charge in [-0.05, 0) is 19.3 Å². The van der Waals surface area contributed by atoms with Crippen LogP contribution in [0.4, 0.5) is 0 Å². The molecule has 0 unspecified atom stereocenters. The van der Waals surface area contributed by atoms with Crippen LogP contribution in [-0.2, 0) is 0 Å². The van der Waals surface area contributed by atoms with Crippen LogP contribution >= 0.6 is 11.8 Å². The molecule has 1 fully saturated rings. The second-order valence-electron chi connectivity index (χ2n) is 4.52. The predicted molar refractivity (Wildman–Crippen MR) is 64.8 cm³/mol. The molecule has 1 saturated carbocycles. The highest BCUT2D eigenvalue weighted by Gasteiger charge is 2.30. The number of hydrogen-bond donors (Lipinski definition) is 1. The summed E-state index contributed by atoms with van der Waals surface area (Å²) >= 11 is 1.71. The highest BCUT2D eigenvalue weighted by molar-refractivity contribution is 7.99. The van der Waals surface area contributed by atoms with E-state index in [1.165, 1.54) is 12.8 Å². The molecule has 5 heteroatoms. The SMILES string of the molecule is CC(C)c1nnc(SCCCO)n1C1CC1. The Morgan fingerprint density at radius 3 is 2.75 bits per heavy atom. The predicted octanol–water partition coefficient (Wildman–Crippen LogP) is 2.21. The lowest BCUT2D eigenvalue weighted by Gasteiger charge is -2.10. The third-order valence-corrected chi connectivity index (χ3v) is 3.68. The van der Waals surface area contributed by atoms with Gasteiger partial charge in [0.15, 0.2) is 5.16 Å². The maximum Gasteiger partial charge on any atom is 0.191 e. The van der Waals surface area contributed by atoms with Gasteiger partial charge >= 0.3 is 0 Å². The number of aliphatic hydroxyl groups excluding tert-OH is 1. The van der Waals surface area contributed by atoms with Crippen LogP contribution in [0.3, 0.4) is 0 Å². The van der Waals surface area contributed by atoms with E-state index in [0.29, 0.717) is 12.0 Å². The van der Waals surface area contributed by atoms with Crippen molar-refractivity contribution in [3.63, 3.8) is 0 Å². The van der Waals surface area contributed by atoms with Crippen LogP contribution in [-0.4, -0.2) is 32.2 Å². The topological polar surface area (TPSA) is 50.9 Å². The van der Waals surface area contributed by atoms with Gasteiger partial charge in [0.2, 0.25) is 0 Å². The second-order valence-corrected chi connectivity index (χ2v) is 5.58. The Morgan fingerprint density at radius 2 is 2.19 bits per heavy atom. The average Bonchev–Trinajstić information content (AvgIpc) is 3.00. The molecule has 0 radical (unpaired) electrons. The van der Waals surface area contributed by atoms with Crippen molar-refractivity contribution in [1.82, 2.24) is 14.8 Å². The molecule has 1 aliphatic carbocycles. The van der Waals surface area contributed by atoms with E-state index in [4.69, 9.17) is 5.11 Å². The summed E-state index contributed by atoms with van der Waals surface area (Å²) in [6.07, 6.45) is 3.33. The third kappa shape index (κ3) is 2.58. The highest BCUT2D eigenvalue weighted by atomic mass is 32.2. The van der Waals surface area contributed by atoms with Crippen molar-refractivity contribution < 1.29 is 5.11 Å². The first-order valence-electron chi connectivity index (χ1n) is 5.92. The number of nitrogens with zero attached hydrogens (tertiary/aromatic N) is 3. The van der Waals surface area contributed by atoms with Gasteiger partial charge in [-0.25, -0.2) is 0 Å². The van der Waals surface area contributed by atoms with Gasteiger partial charge in [-0.15, -0.1) is 10.2 Å². The first-order valence-corrected chi connectivity index (χ1v) is 6.91. The smallest absolute Gasteiger partial charge is 0.191 e. The third-order valence-electron chi connectivity index (χ3n) is 2.65. The minimum atomic E-state index is 0.252. The van der Waals surface area contributed by atoms with Crippen molar-refractivity contribution in [2.75, 3.05) is 12.4 Å². The van der Waals surface area contributed by atoms with Crippen LogP contribution in [0.25, 0.3) is 0 Å². The van der Waals surface area contributed by atoms with Crippen LogP contribution in [0, 0.1) is 0 Å². The number of thioether (sulfide) groups is 1. The normalized spacial score (nSPS) is 16.0. The lowest BCUT2D eigenvalue weighted by atomic mass is 10.2. The first kappa shape index (κ1) is 11.9. The monoisotopic (exact) mass is 241 g/mol. The molecule has 2 rings (SSSR count). The lowest BCUT2D eigenvalue weighted by molar-refractivity contribution is 0.296. The summed E-state index contributed by atoms with van der Waals surface area (Å²) in [7, 11) is 0. The number of aliphatic hydroxyl groups is 1. The van der Waals surface area contributed by atoms with Crippen LogP contribution < -0.4 is 0 Å². The van der Waals surface area contributed by atoms with E-state index in [0.717, 1.165) is 23.2 Å². The fourth-order valence-corrected chi connectivity index (χ4v) is 2.62. The lowest BCUT2D eigenvalue weighted by Crippen LogP contribution is -2.05. The van der Waals surface area contributed by atoms with Crippen LogP contribution in [0.1, 0.15) is 50.9 Å². The molecule has 1 heterocycles. The van der Waals surface area contributed by atoms with Crippen molar-refractivity contribution in [3.05, 3.63) is 5.82 Å². The van der Waals surface area contributed by atoms with Gasteiger partial charge in [-0.3, -0.25) is 0 Å². The Morgan fingerprint density at radius 1 is 1.44 bits per heavy atom. The fraction of sp³-hybridized carbons (Fsp3) is 0.818. The molecule has 1 aliphatic rings. The van der Waals surface area contributed by atoms with Crippen LogP contribution in [0.15, 0.2) is 5.16 Å². The summed E-state index contributed by atoms with van der Waals surface area (Å²) < 4.78 is 2.30. The zero-order valence-electron chi connectivity index (χ0n) is 9.89. The van der Waals surface area contributed by atoms with Crippen molar-refractivity contribution in [1.29, 1.82) is 0 Å². The van der Waals surface area contributed by atoms with E-state index in [-0.39, 0.29) is 6.61 Å². The average molecular weight is 241 g/mol. The molecule has 1 aromatic rings. The maximum absolute atomic E-state index is 8.77. The van der Waals surface area contributed by atoms with Crippen LogP contribution in [0.2, 0.25) is 0 Å². The molecule has 90 valence electrons. The van der Waals surface area contributed by atoms with E-state index in [1.807, 2.05) is 0 Å². The molecule has 0 aliphatic heterocycles. The summed E-state index contributed by atoms with van der Waals surface area (Å²) in [5.41, 5.74) is 0. The van der Waals surface area contributed by atoms with Crippen molar-refractivity contribution in [3.8, 4) is 0 Å². The van der Waals surface area contributed by atoms with Crippen LogP contribution in [0.5, 0.6) is 0 Å². The minimum Gasteiger partial charge on any atom is -0.396 e. The van der Waals surface area contributed by atoms with Gasteiger partial charge in [0.25, 0.3) is 0 Å². The minimum absolute atomic E-state index is 0.252. The largest absolute Gasteiger partial charge is 0.396 e. The van der Waals surface area contributed by atoms with Gasteiger partial charge in [0.1, 0.15) is 5.82 Å². The molecule has 0 bridgehead atoms. The standard InChI is InChI=1S/C11H19N3OS/c1-8(2)10-12-13-11(16-7-3-6-15)14(10)9-4-5-9/h8-9,15H,3-7H2,1-2H3. The van der Waals surface area contributed by atoms with Gasteiger partial charge < -0.3 is 9.67 Å². The molecule has 1 N–H and O–H groups in total. The summed E-state index contributed by atoms with van der Waals surface area (Å²) in [5, 5.41) is 18.3. The molecule has 4 nitrogen and oxygen atoms in total. The zero-order valence-corrected chi connectivity index (χ0v) is 10.7. The second kappa shape index (κ2) is 5.19. The Labute approximate surface area is 100 Å². The van der Waals surface area contributed by atoms with E-state index >= 15 is 0 Å². The number of hydrogen-bond acceptors (Lipinski definition) is 4. The Hall–Kier alpha value is -0.550. The summed E-state index contributed by atoms with van der Waals surface area (Å²) in [5.74, 6) is 2.45. The maximum atomic E-state index is 8.77. The molecule has 0 amide bonds. The first-order chi connectivity index (χ1) is 7.74. The molecular weight excluding hydrogens is 222 g/mol. The van der Waals surface area contributed by atoms with E-state index in [2.05, 4.69) is 28.6 Å². The molecule has 1 aromatic heterocycles. The van der Waals surface area contributed by atoms with E-state index in [9.17, 15) is 0 Å². The van der Waals surface area contributed by atoms with Gasteiger partial charge in [0.05, 0.1) is 0 Å². The van der Waals surface area contributed by atoms with Crippen molar-refractivity contribution in [2.24, 2.45) is 0 Å². The Kier molecular flexibility index (Phi) is 3.86. The molecule has 0 aromatic carbocycles. The Bertz CT molecular complexity index is 347. The molecule has 16 heavy (non-hydrogen) atoms. The molecular formula is C11H19N3OS. The van der Waals surface area contributed by atoms with Crippen molar-refractivity contribution >= 4 is 11.8 Å². The molecule has 0 spiro atoms. The highest BCUT2D eigenvalue weighted by Crippen LogP contribution is 2.40. The fourth-order valence-electron chi connectivity index (χ4n) is 1.68. The number of rotatable bonds is 6.